The Morgan fingerprint density at radius 3 is 2.34 bits per heavy atom. The van der Waals surface area contributed by atoms with Gasteiger partial charge in [0.2, 0.25) is 0 Å². The van der Waals surface area contributed by atoms with Crippen LogP contribution >= 0.6 is 15.9 Å². The summed E-state index contributed by atoms with van der Waals surface area (Å²) in [6.45, 7) is 0. The molecule has 0 N–H and O–H groups in total. The number of fused-ring (bicyclic) bond motifs is 7. The molecule has 0 unspecified atom stereocenters. The van der Waals surface area contributed by atoms with Gasteiger partial charge >= 0.3 is 0 Å². The third-order valence-corrected chi connectivity index (χ3v) is 6.02. The van der Waals surface area contributed by atoms with E-state index in [4.69, 9.17) is 9.15 Å². The number of hydrogen-bond acceptors (Lipinski definition) is 3. The fourth-order valence-electron chi connectivity index (χ4n) is 4.12. The lowest BCUT2D eigenvalue weighted by Crippen LogP contribution is -1.95. The summed E-state index contributed by atoms with van der Waals surface area (Å²) >= 11 is 3.54. The highest BCUT2D eigenvalue weighted by Crippen LogP contribution is 2.49. The Hall–Kier alpha value is -3.37. The van der Waals surface area contributed by atoms with Gasteiger partial charge < -0.3 is 9.15 Å². The molecule has 4 aromatic carbocycles. The minimum Gasteiger partial charge on any atom is -0.456 e. The molecule has 3 nitrogen and oxygen atoms in total. The van der Waals surface area contributed by atoms with E-state index in [0.29, 0.717) is 22.6 Å². The molecule has 1 heterocycles. The largest absolute Gasteiger partial charge is 0.456 e. The Morgan fingerprint density at radius 1 is 0.690 bits per heavy atom. The van der Waals surface area contributed by atoms with Crippen molar-refractivity contribution >= 4 is 43.7 Å². The summed E-state index contributed by atoms with van der Waals surface area (Å²) in [5, 5.41) is 1.95. The lowest BCUT2D eigenvalue weighted by molar-refractivity contribution is 0.104. The second kappa shape index (κ2) is 6.06. The molecule has 6 rings (SSSR count). The van der Waals surface area contributed by atoms with Crippen LogP contribution in [0.15, 0.2) is 87.8 Å². The van der Waals surface area contributed by atoms with Gasteiger partial charge in [0.1, 0.15) is 22.7 Å². The van der Waals surface area contributed by atoms with Crippen LogP contribution in [0.5, 0.6) is 11.5 Å². The molecular formula is C25H13BrO3. The van der Waals surface area contributed by atoms with Gasteiger partial charge in [-0.2, -0.15) is 0 Å². The first-order valence-corrected chi connectivity index (χ1v) is 10.1. The van der Waals surface area contributed by atoms with E-state index in [-0.39, 0.29) is 5.78 Å². The molecule has 0 bridgehead atoms. The molecule has 138 valence electrons. The van der Waals surface area contributed by atoms with E-state index in [1.54, 1.807) is 0 Å². The second-order valence-electron chi connectivity index (χ2n) is 7.00. The average Bonchev–Trinajstić information content (AvgIpc) is 3.26. The maximum absolute atomic E-state index is 13.2. The summed E-state index contributed by atoms with van der Waals surface area (Å²) in [5.74, 6) is 1.37. The van der Waals surface area contributed by atoms with Gasteiger partial charge in [0.15, 0.2) is 5.78 Å². The Balaban J connectivity index is 1.68. The molecule has 0 atom stereocenters. The molecule has 0 saturated carbocycles. The van der Waals surface area contributed by atoms with Crippen molar-refractivity contribution in [2.45, 2.75) is 0 Å². The van der Waals surface area contributed by atoms with Gasteiger partial charge in [0, 0.05) is 33.0 Å². The first-order chi connectivity index (χ1) is 14.2. The van der Waals surface area contributed by atoms with Gasteiger partial charge in [-0.05, 0) is 52.3 Å². The number of furan rings is 1. The number of carbonyl (C=O) groups is 1. The molecule has 1 aliphatic carbocycles. The van der Waals surface area contributed by atoms with Crippen LogP contribution in [-0.4, -0.2) is 5.78 Å². The summed E-state index contributed by atoms with van der Waals surface area (Å²) in [6, 6.07) is 25.0. The molecule has 29 heavy (non-hydrogen) atoms. The van der Waals surface area contributed by atoms with Gasteiger partial charge in [0.05, 0.1) is 4.47 Å². The summed E-state index contributed by atoms with van der Waals surface area (Å²) in [7, 11) is 0. The van der Waals surface area contributed by atoms with Crippen molar-refractivity contribution in [1.82, 2.24) is 0 Å². The number of para-hydroxylation sites is 2. The zero-order chi connectivity index (χ0) is 19.5. The number of benzene rings is 4. The molecule has 0 saturated heterocycles. The summed E-state index contributed by atoms with van der Waals surface area (Å²) < 4.78 is 13.2. The number of rotatable bonds is 2. The average molecular weight is 441 g/mol. The van der Waals surface area contributed by atoms with Crippen molar-refractivity contribution in [2.75, 3.05) is 0 Å². The summed E-state index contributed by atoms with van der Waals surface area (Å²) in [4.78, 5) is 13.2. The van der Waals surface area contributed by atoms with E-state index in [1.165, 1.54) is 0 Å². The molecule has 0 aliphatic heterocycles. The minimum absolute atomic E-state index is 0.0137. The molecule has 1 aliphatic rings. The Kier molecular flexibility index (Phi) is 3.46. The van der Waals surface area contributed by atoms with Crippen molar-refractivity contribution in [3.8, 4) is 22.6 Å². The second-order valence-corrected chi connectivity index (χ2v) is 7.85. The first kappa shape index (κ1) is 16.6. The van der Waals surface area contributed by atoms with Crippen LogP contribution in [-0.2, 0) is 0 Å². The van der Waals surface area contributed by atoms with Crippen molar-refractivity contribution in [3.63, 3.8) is 0 Å². The molecule has 5 aromatic rings. The fraction of sp³-hybridized carbons (Fsp3) is 0. The maximum Gasteiger partial charge on any atom is 0.194 e. The third-order valence-electron chi connectivity index (χ3n) is 5.37. The normalized spacial score (nSPS) is 12.4. The Labute approximate surface area is 174 Å². The number of ketones is 1. The molecule has 1 aromatic heterocycles. The van der Waals surface area contributed by atoms with Gasteiger partial charge in [-0.15, -0.1) is 0 Å². The highest BCUT2D eigenvalue weighted by Gasteiger charge is 2.33. The first-order valence-electron chi connectivity index (χ1n) is 9.27. The van der Waals surface area contributed by atoms with Crippen LogP contribution in [0, 0.1) is 0 Å². The molecule has 0 amide bonds. The highest BCUT2D eigenvalue weighted by molar-refractivity contribution is 9.10. The van der Waals surface area contributed by atoms with Crippen molar-refractivity contribution < 1.29 is 13.9 Å². The van der Waals surface area contributed by atoms with Crippen LogP contribution in [0.1, 0.15) is 15.9 Å². The van der Waals surface area contributed by atoms with Crippen LogP contribution in [0.2, 0.25) is 0 Å². The van der Waals surface area contributed by atoms with Gasteiger partial charge in [-0.1, -0.05) is 42.5 Å². The molecule has 0 radical (unpaired) electrons. The van der Waals surface area contributed by atoms with E-state index in [0.717, 1.165) is 37.5 Å². The number of halogens is 1. The lowest BCUT2D eigenvalue weighted by atomic mass is 9.98. The van der Waals surface area contributed by atoms with Gasteiger partial charge in [0.25, 0.3) is 0 Å². The van der Waals surface area contributed by atoms with E-state index in [1.807, 2.05) is 78.9 Å². The maximum atomic E-state index is 13.2. The van der Waals surface area contributed by atoms with Crippen molar-refractivity contribution in [1.29, 1.82) is 0 Å². The van der Waals surface area contributed by atoms with E-state index >= 15 is 0 Å². The SMILES string of the molecule is O=C1c2cccc(Oc3ccccc3Br)c2-c2c1ccc1oc3ccccc3c21. The van der Waals surface area contributed by atoms with E-state index in [9.17, 15) is 4.79 Å². The van der Waals surface area contributed by atoms with Crippen LogP contribution in [0.3, 0.4) is 0 Å². The quantitative estimate of drug-likeness (QED) is 0.282. The molecule has 4 heteroatoms. The summed E-state index contributed by atoms with van der Waals surface area (Å²) in [5.41, 5.74) is 4.61. The van der Waals surface area contributed by atoms with E-state index in [2.05, 4.69) is 15.9 Å². The van der Waals surface area contributed by atoms with Crippen molar-refractivity contribution in [2.24, 2.45) is 0 Å². The molecule has 0 spiro atoms. The fourth-order valence-corrected chi connectivity index (χ4v) is 4.49. The third kappa shape index (κ3) is 2.33. The predicted octanol–water partition coefficient (Wildman–Crippen LogP) is 7.35. The minimum atomic E-state index is 0.0137. The molecule has 0 fully saturated rings. The Bertz CT molecular complexity index is 1460. The zero-order valence-corrected chi connectivity index (χ0v) is 16.7. The van der Waals surface area contributed by atoms with Crippen LogP contribution in [0.25, 0.3) is 33.1 Å². The summed E-state index contributed by atoms with van der Waals surface area (Å²) in [6.07, 6.45) is 0. The lowest BCUT2D eigenvalue weighted by Gasteiger charge is -2.12. The highest BCUT2D eigenvalue weighted by atomic mass is 79.9. The van der Waals surface area contributed by atoms with Gasteiger partial charge in [-0.25, -0.2) is 0 Å². The Morgan fingerprint density at radius 2 is 1.45 bits per heavy atom. The topological polar surface area (TPSA) is 39.4 Å². The standard InChI is InChI=1S/C25H13BrO3/c26-17-8-2-4-10-19(17)29-20-11-5-7-15-23(20)24-16(25(15)27)12-13-21-22(24)14-6-1-3-9-18(14)28-21/h1-13H. The monoisotopic (exact) mass is 440 g/mol. The van der Waals surface area contributed by atoms with Crippen LogP contribution in [0.4, 0.5) is 0 Å². The number of carbonyl (C=O) groups excluding carboxylic acids is 1. The predicted molar refractivity (Wildman–Crippen MR) is 117 cm³/mol. The van der Waals surface area contributed by atoms with E-state index < -0.39 is 0 Å². The van der Waals surface area contributed by atoms with Gasteiger partial charge in [-0.3, -0.25) is 4.79 Å². The number of hydrogen-bond donors (Lipinski definition) is 0. The molecular weight excluding hydrogens is 428 g/mol. The smallest absolute Gasteiger partial charge is 0.194 e. The van der Waals surface area contributed by atoms with Crippen molar-refractivity contribution in [3.05, 3.63) is 94.5 Å². The van der Waals surface area contributed by atoms with Crippen LogP contribution < -0.4 is 4.74 Å². The number of ether oxygens (including phenoxy) is 1. The zero-order valence-electron chi connectivity index (χ0n) is 15.1.